The third-order valence-electron chi connectivity index (χ3n) is 2.53. The fourth-order valence-corrected chi connectivity index (χ4v) is 1.78. The predicted molar refractivity (Wildman–Crippen MR) is 50.4 cm³/mol. The van der Waals surface area contributed by atoms with E-state index < -0.39 is 0 Å². The molecular weight excluding hydrogens is 164 g/mol. The van der Waals surface area contributed by atoms with Crippen LogP contribution in [0.5, 0.6) is 0 Å². The number of hydrogen-bond acceptors (Lipinski definition) is 3. The van der Waals surface area contributed by atoms with E-state index in [4.69, 9.17) is 10.5 Å². The second-order valence-electron chi connectivity index (χ2n) is 3.41. The molecule has 2 unspecified atom stereocenters. The minimum Gasteiger partial charge on any atom is -0.380 e. The Morgan fingerprint density at radius 3 is 2.85 bits per heavy atom. The molecule has 0 amide bonds. The maximum Gasteiger partial charge on any atom is 0.0623 e. The third kappa shape index (κ3) is 1.87. The van der Waals surface area contributed by atoms with Crippen molar-refractivity contribution < 1.29 is 4.74 Å². The summed E-state index contributed by atoms with van der Waals surface area (Å²) in [6.45, 7) is 1.49. The minimum atomic E-state index is 0.135. The van der Waals surface area contributed by atoms with Crippen LogP contribution in [0.2, 0.25) is 0 Å². The van der Waals surface area contributed by atoms with E-state index in [9.17, 15) is 0 Å². The second-order valence-corrected chi connectivity index (χ2v) is 3.41. The van der Waals surface area contributed by atoms with Gasteiger partial charge in [-0.15, -0.1) is 0 Å². The van der Waals surface area contributed by atoms with Gasteiger partial charge in [0.25, 0.3) is 0 Å². The zero-order chi connectivity index (χ0) is 9.10. The molecule has 0 spiro atoms. The molecule has 70 valence electrons. The van der Waals surface area contributed by atoms with Crippen LogP contribution in [-0.2, 0) is 4.74 Å². The zero-order valence-electron chi connectivity index (χ0n) is 7.52. The van der Waals surface area contributed by atoms with Crippen LogP contribution in [0, 0.1) is 0 Å². The SMILES string of the molecule is NC1COCCC1c1ccncc1. The van der Waals surface area contributed by atoms with E-state index in [1.165, 1.54) is 5.56 Å². The largest absolute Gasteiger partial charge is 0.380 e. The van der Waals surface area contributed by atoms with Crippen LogP contribution in [0.4, 0.5) is 0 Å². The van der Waals surface area contributed by atoms with Crippen molar-refractivity contribution in [2.24, 2.45) is 5.73 Å². The summed E-state index contributed by atoms with van der Waals surface area (Å²) in [5, 5.41) is 0. The molecule has 2 atom stereocenters. The molecule has 1 fully saturated rings. The molecule has 0 radical (unpaired) electrons. The first-order valence-electron chi connectivity index (χ1n) is 4.61. The van der Waals surface area contributed by atoms with Gasteiger partial charge in [0.1, 0.15) is 0 Å². The molecule has 0 bridgehead atoms. The van der Waals surface area contributed by atoms with Crippen LogP contribution in [0.1, 0.15) is 17.9 Å². The van der Waals surface area contributed by atoms with E-state index in [0.29, 0.717) is 12.5 Å². The molecule has 0 saturated carbocycles. The topological polar surface area (TPSA) is 48.1 Å². The summed E-state index contributed by atoms with van der Waals surface area (Å²) in [6, 6.07) is 4.21. The van der Waals surface area contributed by atoms with E-state index in [0.717, 1.165) is 13.0 Å². The van der Waals surface area contributed by atoms with Crippen molar-refractivity contribution in [3.05, 3.63) is 30.1 Å². The summed E-state index contributed by atoms with van der Waals surface area (Å²) in [4.78, 5) is 3.99. The van der Waals surface area contributed by atoms with E-state index in [2.05, 4.69) is 4.98 Å². The molecule has 2 N–H and O–H groups in total. The standard InChI is InChI=1S/C10H14N2O/c11-10-7-13-6-3-9(10)8-1-4-12-5-2-8/h1-2,4-5,9-10H,3,6-7,11H2. The molecule has 1 aromatic rings. The van der Waals surface area contributed by atoms with Crippen LogP contribution in [0.3, 0.4) is 0 Å². The fraction of sp³-hybridized carbons (Fsp3) is 0.500. The Bertz CT molecular complexity index is 263. The predicted octanol–water partition coefficient (Wildman–Crippen LogP) is 0.913. The van der Waals surface area contributed by atoms with Gasteiger partial charge in [-0.1, -0.05) is 0 Å². The Kier molecular flexibility index (Phi) is 2.57. The average Bonchev–Trinajstić information content (AvgIpc) is 2.20. The molecule has 1 aliphatic rings. The van der Waals surface area contributed by atoms with Crippen LogP contribution in [0.25, 0.3) is 0 Å². The Balaban J connectivity index is 2.15. The maximum atomic E-state index is 5.97. The van der Waals surface area contributed by atoms with Gasteiger partial charge in [-0.05, 0) is 24.1 Å². The van der Waals surface area contributed by atoms with Crippen LogP contribution in [-0.4, -0.2) is 24.2 Å². The lowest BCUT2D eigenvalue weighted by molar-refractivity contribution is 0.0696. The number of nitrogens with two attached hydrogens (primary N) is 1. The number of hydrogen-bond donors (Lipinski definition) is 1. The van der Waals surface area contributed by atoms with Gasteiger partial charge >= 0.3 is 0 Å². The van der Waals surface area contributed by atoms with Gasteiger partial charge < -0.3 is 10.5 Å². The highest BCUT2D eigenvalue weighted by Crippen LogP contribution is 2.25. The Morgan fingerprint density at radius 1 is 1.38 bits per heavy atom. The first kappa shape index (κ1) is 8.66. The molecule has 0 aliphatic carbocycles. The maximum absolute atomic E-state index is 5.97. The normalized spacial score (nSPS) is 28.7. The van der Waals surface area contributed by atoms with Gasteiger partial charge in [-0.25, -0.2) is 0 Å². The Hall–Kier alpha value is -0.930. The molecule has 3 heteroatoms. The number of aromatic nitrogens is 1. The van der Waals surface area contributed by atoms with Gasteiger partial charge in [-0.3, -0.25) is 4.98 Å². The van der Waals surface area contributed by atoms with Gasteiger partial charge in [0.2, 0.25) is 0 Å². The molecule has 2 rings (SSSR count). The van der Waals surface area contributed by atoms with E-state index >= 15 is 0 Å². The number of ether oxygens (including phenoxy) is 1. The summed E-state index contributed by atoms with van der Waals surface area (Å²) in [5.74, 6) is 0.441. The molecule has 13 heavy (non-hydrogen) atoms. The monoisotopic (exact) mass is 178 g/mol. The first-order valence-corrected chi connectivity index (χ1v) is 4.61. The van der Waals surface area contributed by atoms with E-state index in [1.54, 1.807) is 0 Å². The number of rotatable bonds is 1. The highest BCUT2D eigenvalue weighted by molar-refractivity contribution is 5.18. The molecule has 0 aromatic carbocycles. The molecule has 1 aliphatic heterocycles. The number of nitrogens with zero attached hydrogens (tertiary/aromatic N) is 1. The average molecular weight is 178 g/mol. The second kappa shape index (κ2) is 3.85. The Labute approximate surface area is 77.9 Å². The molecule has 1 saturated heterocycles. The Morgan fingerprint density at radius 2 is 2.15 bits per heavy atom. The van der Waals surface area contributed by atoms with Crippen LogP contribution in [0.15, 0.2) is 24.5 Å². The lowest BCUT2D eigenvalue weighted by Gasteiger charge is -2.28. The summed E-state index contributed by atoms with van der Waals surface area (Å²) in [7, 11) is 0. The van der Waals surface area contributed by atoms with Crippen molar-refractivity contribution in [1.29, 1.82) is 0 Å². The zero-order valence-corrected chi connectivity index (χ0v) is 7.52. The van der Waals surface area contributed by atoms with Crippen molar-refractivity contribution in [2.45, 2.75) is 18.4 Å². The third-order valence-corrected chi connectivity index (χ3v) is 2.53. The van der Waals surface area contributed by atoms with Crippen LogP contribution < -0.4 is 5.73 Å². The van der Waals surface area contributed by atoms with Crippen molar-refractivity contribution in [3.8, 4) is 0 Å². The molecule has 3 nitrogen and oxygen atoms in total. The summed E-state index contributed by atoms with van der Waals surface area (Å²) < 4.78 is 5.29. The van der Waals surface area contributed by atoms with Crippen molar-refractivity contribution in [1.82, 2.24) is 4.98 Å². The smallest absolute Gasteiger partial charge is 0.0623 e. The lowest BCUT2D eigenvalue weighted by atomic mass is 9.89. The summed E-state index contributed by atoms with van der Waals surface area (Å²) in [5.41, 5.74) is 7.25. The van der Waals surface area contributed by atoms with Crippen molar-refractivity contribution >= 4 is 0 Å². The summed E-state index contributed by atoms with van der Waals surface area (Å²) in [6.07, 6.45) is 4.65. The quantitative estimate of drug-likeness (QED) is 0.695. The van der Waals surface area contributed by atoms with Crippen LogP contribution >= 0.6 is 0 Å². The van der Waals surface area contributed by atoms with Gasteiger partial charge in [0, 0.05) is 31.0 Å². The lowest BCUT2D eigenvalue weighted by Crippen LogP contribution is -2.37. The van der Waals surface area contributed by atoms with Gasteiger partial charge in [0.15, 0.2) is 0 Å². The van der Waals surface area contributed by atoms with Gasteiger partial charge in [0.05, 0.1) is 6.61 Å². The van der Waals surface area contributed by atoms with E-state index in [1.807, 2.05) is 24.5 Å². The van der Waals surface area contributed by atoms with Crippen molar-refractivity contribution in [3.63, 3.8) is 0 Å². The van der Waals surface area contributed by atoms with Gasteiger partial charge in [-0.2, -0.15) is 0 Å². The number of pyridine rings is 1. The highest BCUT2D eigenvalue weighted by atomic mass is 16.5. The summed E-state index contributed by atoms with van der Waals surface area (Å²) >= 11 is 0. The fourth-order valence-electron chi connectivity index (χ4n) is 1.78. The van der Waals surface area contributed by atoms with Crippen molar-refractivity contribution in [2.75, 3.05) is 13.2 Å². The first-order chi connectivity index (χ1) is 6.38. The van der Waals surface area contributed by atoms with E-state index in [-0.39, 0.29) is 6.04 Å². The minimum absolute atomic E-state index is 0.135. The molecular formula is C10H14N2O. The molecule has 1 aromatic heterocycles. The molecule has 2 heterocycles. The highest BCUT2D eigenvalue weighted by Gasteiger charge is 2.23.